The normalized spacial score (nSPS) is 22.8. The Balaban J connectivity index is 1.02. The minimum atomic E-state index is -1.28. The van der Waals surface area contributed by atoms with Crippen molar-refractivity contribution in [1.29, 1.82) is 0 Å². The Labute approximate surface area is 420 Å². The predicted molar refractivity (Wildman–Crippen MR) is 274 cm³/mol. The number of anilines is 2. The first-order chi connectivity index (χ1) is 34.6. The van der Waals surface area contributed by atoms with Gasteiger partial charge in [-0.1, -0.05) is 25.2 Å². The number of ether oxygens (including phenoxy) is 4. The topological polar surface area (TPSA) is 200 Å². The number of alkyl carbamates (subject to hydrolysis) is 2. The van der Waals surface area contributed by atoms with Gasteiger partial charge in [-0.3, -0.25) is 9.59 Å². The summed E-state index contributed by atoms with van der Waals surface area (Å²) >= 11 is 0. The SMILES string of the molecule is COC(=O)N[C@H](C(=O)N1CCC[C@H]1c1nc2cc([C@@H]3CC[C@@H](c4ccc5[nH]c([C@@H]6CCCN6C(=O)[C@@H](NC(=O)OC)[C@@H](C)OC)nc5c4)N3c3ccc(N4CC[Si](C)(C)CC4)c(F)c3)ccc2[nH]1)[C@@H](C)OC. The number of benzene rings is 3. The number of fused-ring (bicyclic) bond motifs is 2. The van der Waals surface area contributed by atoms with E-state index in [9.17, 15) is 19.2 Å². The van der Waals surface area contributed by atoms with Crippen molar-refractivity contribution in [3.63, 3.8) is 0 Å². The lowest BCUT2D eigenvalue weighted by Crippen LogP contribution is -2.54. The van der Waals surface area contributed by atoms with Gasteiger partial charge in [0.15, 0.2) is 0 Å². The van der Waals surface area contributed by atoms with Crippen molar-refractivity contribution >= 4 is 65.5 Å². The summed E-state index contributed by atoms with van der Waals surface area (Å²) < 4.78 is 37.2. The zero-order valence-electron chi connectivity index (χ0n) is 42.6. The number of methoxy groups -OCH3 is 4. The molecule has 18 nitrogen and oxygen atoms in total. The van der Waals surface area contributed by atoms with Crippen LogP contribution in [0, 0.1) is 5.82 Å². The van der Waals surface area contributed by atoms with Gasteiger partial charge in [0.1, 0.15) is 29.5 Å². The molecule has 4 aliphatic rings. The van der Waals surface area contributed by atoms with Gasteiger partial charge >= 0.3 is 12.2 Å². The van der Waals surface area contributed by atoms with E-state index in [-0.39, 0.29) is 41.8 Å². The van der Waals surface area contributed by atoms with E-state index in [1.807, 2.05) is 18.2 Å². The van der Waals surface area contributed by atoms with E-state index in [0.29, 0.717) is 43.3 Å². The number of carbonyl (C=O) groups excluding carboxylic acids is 4. The monoisotopic (exact) mass is 1010 g/mol. The van der Waals surface area contributed by atoms with Crippen molar-refractivity contribution in [1.82, 2.24) is 40.4 Å². The molecule has 72 heavy (non-hydrogen) atoms. The van der Waals surface area contributed by atoms with Gasteiger partial charge in [-0.05, 0) is 118 Å². The number of halogens is 1. The quantitative estimate of drug-likeness (QED) is 0.0783. The molecule has 0 saturated carbocycles. The average molecular weight is 1010 g/mol. The molecule has 0 unspecified atom stereocenters. The number of carbonyl (C=O) groups is 4. The average Bonchev–Trinajstić information content (AvgIpc) is 4.25. The van der Waals surface area contributed by atoms with Crippen LogP contribution in [0.25, 0.3) is 22.1 Å². The number of hydrogen-bond acceptors (Lipinski definition) is 12. The minimum Gasteiger partial charge on any atom is -0.453 e. The fourth-order valence-corrected chi connectivity index (χ4v) is 13.3. The summed E-state index contributed by atoms with van der Waals surface area (Å²) in [4.78, 5) is 77.9. The molecule has 0 spiro atoms. The fourth-order valence-electron chi connectivity index (χ4n) is 11.3. The van der Waals surface area contributed by atoms with Crippen LogP contribution in [0.2, 0.25) is 25.2 Å². The molecule has 4 N–H and O–H groups in total. The van der Waals surface area contributed by atoms with Crippen LogP contribution in [0.1, 0.15) is 99.3 Å². The molecule has 386 valence electrons. The minimum absolute atomic E-state index is 0.138. The van der Waals surface area contributed by atoms with Crippen LogP contribution in [-0.4, -0.2) is 141 Å². The van der Waals surface area contributed by atoms with E-state index in [1.54, 1.807) is 29.7 Å². The molecule has 0 aliphatic carbocycles. The molecular weight excluding hydrogens is 940 g/mol. The van der Waals surface area contributed by atoms with Gasteiger partial charge in [0.2, 0.25) is 11.8 Å². The number of aromatic amines is 2. The lowest BCUT2D eigenvalue weighted by atomic mass is 10.0. The van der Waals surface area contributed by atoms with Crippen LogP contribution in [0.15, 0.2) is 54.6 Å². The summed E-state index contributed by atoms with van der Waals surface area (Å²) in [5, 5.41) is 5.32. The van der Waals surface area contributed by atoms with E-state index in [2.05, 4.69) is 73.8 Å². The van der Waals surface area contributed by atoms with E-state index in [0.717, 1.165) is 89.7 Å². The van der Waals surface area contributed by atoms with Gasteiger partial charge in [0, 0.05) is 46.1 Å². The third-order valence-electron chi connectivity index (χ3n) is 15.7. The number of imidazole rings is 2. The smallest absolute Gasteiger partial charge is 0.407 e. The van der Waals surface area contributed by atoms with Crippen LogP contribution in [0.3, 0.4) is 0 Å². The zero-order chi connectivity index (χ0) is 51.0. The van der Waals surface area contributed by atoms with Gasteiger partial charge in [0.05, 0.1) is 86.4 Å². The highest BCUT2D eigenvalue weighted by molar-refractivity contribution is 6.77. The Hall–Kier alpha value is -6.25. The maximum atomic E-state index is 16.6. The molecule has 9 rings (SSSR count). The van der Waals surface area contributed by atoms with Gasteiger partial charge < -0.3 is 59.1 Å². The summed E-state index contributed by atoms with van der Waals surface area (Å²) in [7, 11) is 4.24. The second-order valence-corrected chi connectivity index (χ2v) is 25.9. The third-order valence-corrected chi connectivity index (χ3v) is 18.9. The van der Waals surface area contributed by atoms with Gasteiger partial charge in [-0.25, -0.2) is 23.9 Å². The molecule has 8 atom stereocenters. The second-order valence-electron chi connectivity index (χ2n) is 20.6. The van der Waals surface area contributed by atoms with Gasteiger partial charge in [0.25, 0.3) is 0 Å². The number of nitrogens with zero attached hydrogens (tertiary/aromatic N) is 6. The number of likely N-dealkylation sites (tertiary alicyclic amines) is 2. The Morgan fingerprint density at radius 3 is 1.56 bits per heavy atom. The van der Waals surface area contributed by atoms with Crippen molar-refractivity contribution in [2.75, 3.05) is 64.4 Å². The molecule has 0 radical (unpaired) electrons. The lowest BCUT2D eigenvalue weighted by molar-refractivity contribution is -0.138. The van der Waals surface area contributed by atoms with E-state index in [4.69, 9.17) is 28.9 Å². The van der Waals surface area contributed by atoms with Crippen molar-refractivity contribution in [2.45, 2.75) is 126 Å². The Morgan fingerprint density at radius 2 is 1.12 bits per heavy atom. The molecule has 4 saturated heterocycles. The summed E-state index contributed by atoms with van der Waals surface area (Å²) in [6, 6.07) is 17.6. The molecule has 4 fully saturated rings. The standard InChI is InChI=1S/C52H69FN10O8Si/c1-30(68-3)45(58-51(66)70-5)49(64)61-21-9-11-43(61)47-54-36-16-13-32(27-38(36)56-47)40-19-20-41(63(40)34-15-18-42(35(53)29-34)60-23-25-72(7,8)26-24-60)33-14-17-37-39(28-33)57-48(55-37)44-12-10-22-62(44)50(65)46(31(2)69-4)59-52(67)71-6/h13-18,27-31,40-41,43-46H,9-12,19-26H2,1-8H3,(H,54,56)(H,55,57)(H,58,66)(H,59,67)/t30-,31-,40+,41+,43+,44+,45+,46+/m1/s1. The van der Waals surface area contributed by atoms with Crippen molar-refractivity contribution in [3.05, 3.63) is 83.2 Å². The molecule has 6 heterocycles. The Bertz CT molecular complexity index is 2650. The zero-order valence-corrected chi connectivity index (χ0v) is 43.6. The van der Waals surface area contributed by atoms with E-state index >= 15 is 4.39 Å². The summed E-state index contributed by atoms with van der Waals surface area (Å²) in [6.45, 7) is 11.0. The van der Waals surface area contributed by atoms with Gasteiger partial charge in [-0.2, -0.15) is 0 Å². The molecule has 3 aromatic carbocycles. The van der Waals surface area contributed by atoms with Crippen LogP contribution >= 0.6 is 0 Å². The summed E-state index contributed by atoms with van der Waals surface area (Å²) in [5.41, 5.74) is 6.65. The number of rotatable bonds is 14. The summed E-state index contributed by atoms with van der Waals surface area (Å²) in [6.07, 6.45) is 1.87. The Kier molecular flexibility index (Phi) is 14.8. The highest BCUT2D eigenvalue weighted by Crippen LogP contribution is 2.49. The molecule has 5 aromatic rings. The fraction of sp³-hybridized carbons (Fsp3) is 0.538. The Morgan fingerprint density at radius 1 is 0.653 bits per heavy atom. The molecule has 0 bridgehead atoms. The predicted octanol–water partition coefficient (Wildman–Crippen LogP) is 8.04. The molecular formula is C52H69FN10O8Si. The van der Waals surface area contributed by atoms with Crippen molar-refractivity contribution < 1.29 is 42.5 Å². The van der Waals surface area contributed by atoms with Crippen LogP contribution in [0.5, 0.6) is 0 Å². The van der Waals surface area contributed by atoms with Crippen LogP contribution in [0.4, 0.5) is 25.4 Å². The van der Waals surface area contributed by atoms with Crippen LogP contribution < -0.4 is 20.4 Å². The first kappa shape index (κ1) is 50.7. The first-order valence-corrected chi connectivity index (χ1v) is 28.7. The number of hydrogen-bond donors (Lipinski definition) is 4. The number of aromatic nitrogens is 4. The van der Waals surface area contributed by atoms with Crippen LogP contribution in [-0.2, 0) is 28.5 Å². The molecule has 2 aromatic heterocycles. The van der Waals surface area contributed by atoms with Crippen molar-refractivity contribution in [3.8, 4) is 0 Å². The number of H-pyrrole nitrogens is 2. The maximum Gasteiger partial charge on any atom is 0.407 e. The third kappa shape index (κ3) is 10.1. The van der Waals surface area contributed by atoms with Crippen molar-refractivity contribution in [2.24, 2.45) is 0 Å². The highest BCUT2D eigenvalue weighted by atomic mass is 28.3. The summed E-state index contributed by atoms with van der Waals surface area (Å²) in [5.74, 6) is 0.543. The maximum absolute atomic E-state index is 16.6. The second kappa shape index (κ2) is 21.1. The number of nitrogens with one attached hydrogen (secondary N) is 4. The van der Waals surface area contributed by atoms with E-state index < -0.39 is 44.6 Å². The molecule has 4 aliphatic heterocycles. The highest BCUT2D eigenvalue weighted by Gasteiger charge is 2.42. The molecule has 20 heteroatoms. The van der Waals surface area contributed by atoms with E-state index in [1.165, 1.54) is 28.4 Å². The largest absolute Gasteiger partial charge is 0.453 e. The lowest BCUT2D eigenvalue weighted by Gasteiger charge is -2.38. The molecule has 4 amide bonds. The van der Waals surface area contributed by atoms with Gasteiger partial charge in [-0.15, -0.1) is 0 Å². The first-order valence-electron chi connectivity index (χ1n) is 25.3. The number of amides is 4.